The maximum absolute atomic E-state index is 11.8. The molecule has 100 valence electrons. The van der Waals surface area contributed by atoms with Crippen LogP contribution in [-0.4, -0.2) is 24.2 Å². The third-order valence-corrected chi connectivity index (χ3v) is 2.51. The normalized spacial score (nSPS) is 12.3. The first-order chi connectivity index (χ1) is 8.43. The van der Waals surface area contributed by atoms with E-state index >= 15 is 0 Å². The fraction of sp³-hybridized carbons (Fsp3) is 0.462. The second-order valence-corrected chi connectivity index (χ2v) is 4.61. The number of phenols is 1. The minimum atomic E-state index is -0.547. The van der Waals surface area contributed by atoms with Crippen LogP contribution in [0.3, 0.4) is 0 Å². The Labute approximate surface area is 107 Å². The van der Waals surface area contributed by atoms with E-state index in [-0.39, 0.29) is 11.7 Å². The molecule has 0 heterocycles. The van der Waals surface area contributed by atoms with Gasteiger partial charge in [0, 0.05) is 11.8 Å². The molecule has 4 N–H and O–H groups in total. The summed E-state index contributed by atoms with van der Waals surface area (Å²) in [7, 11) is 1.46. The molecule has 1 unspecified atom stereocenters. The maximum Gasteiger partial charge on any atom is 0.241 e. The zero-order valence-electron chi connectivity index (χ0n) is 10.9. The molecule has 18 heavy (non-hydrogen) atoms. The van der Waals surface area contributed by atoms with Gasteiger partial charge in [-0.25, -0.2) is 0 Å². The smallest absolute Gasteiger partial charge is 0.241 e. The zero-order chi connectivity index (χ0) is 13.7. The highest BCUT2D eigenvalue weighted by Crippen LogP contribution is 2.28. The van der Waals surface area contributed by atoms with Crippen LogP contribution in [0.1, 0.15) is 20.3 Å². The average Bonchev–Trinajstić information content (AvgIpc) is 2.28. The Morgan fingerprint density at radius 2 is 2.17 bits per heavy atom. The summed E-state index contributed by atoms with van der Waals surface area (Å²) in [6, 6.07) is 4.12. The van der Waals surface area contributed by atoms with E-state index < -0.39 is 6.04 Å². The summed E-state index contributed by atoms with van der Waals surface area (Å²) in [6.07, 6.45) is 0.619. The molecular weight excluding hydrogens is 232 g/mol. The predicted octanol–water partition coefficient (Wildman–Crippen LogP) is 1.71. The lowest BCUT2D eigenvalue weighted by molar-refractivity contribution is -0.117. The van der Waals surface area contributed by atoms with Crippen molar-refractivity contribution in [2.45, 2.75) is 26.3 Å². The van der Waals surface area contributed by atoms with Crippen molar-refractivity contribution in [1.82, 2.24) is 0 Å². The van der Waals surface area contributed by atoms with Crippen LogP contribution in [0.2, 0.25) is 0 Å². The van der Waals surface area contributed by atoms with Gasteiger partial charge in [0.1, 0.15) is 0 Å². The number of carbonyl (C=O) groups excluding carboxylic acids is 1. The number of amides is 1. The van der Waals surface area contributed by atoms with Gasteiger partial charge in [0.2, 0.25) is 5.91 Å². The summed E-state index contributed by atoms with van der Waals surface area (Å²) in [5.41, 5.74) is 6.26. The molecule has 1 aromatic rings. The molecule has 0 aromatic heterocycles. The van der Waals surface area contributed by atoms with Gasteiger partial charge in [-0.3, -0.25) is 4.79 Å². The van der Waals surface area contributed by atoms with Crippen molar-refractivity contribution in [3.63, 3.8) is 0 Å². The molecule has 1 rings (SSSR count). The number of methoxy groups -OCH3 is 1. The fourth-order valence-corrected chi connectivity index (χ4v) is 1.62. The Hall–Kier alpha value is -1.75. The molecule has 0 saturated heterocycles. The van der Waals surface area contributed by atoms with Gasteiger partial charge in [0.25, 0.3) is 0 Å². The number of phenolic OH excluding ortho intramolecular Hbond substituents is 1. The Bertz CT molecular complexity index is 419. The number of anilines is 1. The standard InChI is InChI=1S/C13H20N2O3/c1-8(2)6-10(14)13(17)15-9-4-5-12(18-3)11(16)7-9/h4-5,7-8,10,16H,6,14H2,1-3H3,(H,15,17). The second-order valence-electron chi connectivity index (χ2n) is 4.61. The number of aromatic hydroxyl groups is 1. The van der Waals surface area contributed by atoms with Gasteiger partial charge in [0.05, 0.1) is 13.2 Å². The second kappa shape index (κ2) is 6.26. The third-order valence-electron chi connectivity index (χ3n) is 2.51. The van der Waals surface area contributed by atoms with Crippen molar-refractivity contribution in [3.8, 4) is 11.5 Å². The first-order valence-corrected chi connectivity index (χ1v) is 5.87. The number of benzene rings is 1. The van der Waals surface area contributed by atoms with Gasteiger partial charge >= 0.3 is 0 Å². The van der Waals surface area contributed by atoms with Crippen molar-refractivity contribution >= 4 is 11.6 Å². The molecule has 5 heteroatoms. The van der Waals surface area contributed by atoms with Crippen LogP contribution in [-0.2, 0) is 4.79 Å². The number of nitrogens with one attached hydrogen (secondary N) is 1. The summed E-state index contributed by atoms with van der Waals surface area (Å²) in [4.78, 5) is 11.8. The Morgan fingerprint density at radius 3 is 2.67 bits per heavy atom. The molecule has 0 aliphatic heterocycles. The van der Waals surface area contributed by atoms with Crippen molar-refractivity contribution in [3.05, 3.63) is 18.2 Å². The molecule has 5 nitrogen and oxygen atoms in total. The lowest BCUT2D eigenvalue weighted by atomic mass is 10.0. The first-order valence-electron chi connectivity index (χ1n) is 5.87. The van der Waals surface area contributed by atoms with E-state index in [0.717, 1.165) is 0 Å². The van der Waals surface area contributed by atoms with Gasteiger partial charge in [-0.1, -0.05) is 13.8 Å². The molecule has 1 atom stereocenters. The van der Waals surface area contributed by atoms with E-state index in [1.807, 2.05) is 13.8 Å². The Kier molecular flexibility index (Phi) is 4.97. The molecule has 0 radical (unpaired) electrons. The quantitative estimate of drug-likeness (QED) is 0.744. The highest BCUT2D eigenvalue weighted by atomic mass is 16.5. The summed E-state index contributed by atoms with van der Waals surface area (Å²) in [6.45, 7) is 4.01. The van der Waals surface area contributed by atoms with Crippen LogP contribution in [0.15, 0.2) is 18.2 Å². The molecule has 0 bridgehead atoms. The largest absolute Gasteiger partial charge is 0.504 e. The van der Waals surface area contributed by atoms with Gasteiger partial charge < -0.3 is 20.9 Å². The fourth-order valence-electron chi connectivity index (χ4n) is 1.62. The predicted molar refractivity (Wildman–Crippen MR) is 70.7 cm³/mol. The molecule has 0 spiro atoms. The Morgan fingerprint density at radius 1 is 1.50 bits per heavy atom. The van der Waals surface area contributed by atoms with E-state index in [9.17, 15) is 9.90 Å². The number of carbonyl (C=O) groups is 1. The summed E-state index contributed by atoms with van der Waals surface area (Å²) >= 11 is 0. The van der Waals surface area contributed by atoms with E-state index in [0.29, 0.717) is 23.8 Å². The number of rotatable bonds is 5. The highest BCUT2D eigenvalue weighted by molar-refractivity contribution is 5.94. The number of nitrogens with two attached hydrogens (primary N) is 1. The molecule has 0 fully saturated rings. The summed E-state index contributed by atoms with van der Waals surface area (Å²) in [5, 5.41) is 12.2. The number of ether oxygens (including phenoxy) is 1. The lowest BCUT2D eigenvalue weighted by Gasteiger charge is -2.14. The van der Waals surface area contributed by atoms with Gasteiger partial charge in [-0.2, -0.15) is 0 Å². The topological polar surface area (TPSA) is 84.6 Å². The zero-order valence-corrected chi connectivity index (χ0v) is 10.9. The molecular formula is C13H20N2O3. The van der Waals surface area contributed by atoms with Crippen LogP contribution in [0, 0.1) is 5.92 Å². The van der Waals surface area contributed by atoms with Crippen LogP contribution in [0.4, 0.5) is 5.69 Å². The minimum absolute atomic E-state index is 0.0206. The number of hydrogen-bond donors (Lipinski definition) is 3. The molecule has 0 aliphatic rings. The van der Waals surface area contributed by atoms with E-state index in [4.69, 9.17) is 10.5 Å². The molecule has 1 amide bonds. The lowest BCUT2D eigenvalue weighted by Crippen LogP contribution is -2.36. The van der Waals surface area contributed by atoms with Crippen molar-refractivity contribution in [2.75, 3.05) is 12.4 Å². The SMILES string of the molecule is COc1ccc(NC(=O)C(N)CC(C)C)cc1O. The third kappa shape index (κ3) is 3.92. The molecule has 0 saturated carbocycles. The van der Waals surface area contributed by atoms with Gasteiger partial charge in [-0.15, -0.1) is 0 Å². The average molecular weight is 252 g/mol. The van der Waals surface area contributed by atoms with E-state index in [1.54, 1.807) is 12.1 Å². The van der Waals surface area contributed by atoms with E-state index in [1.165, 1.54) is 13.2 Å². The summed E-state index contributed by atoms with van der Waals surface area (Å²) < 4.78 is 4.92. The monoisotopic (exact) mass is 252 g/mol. The van der Waals surface area contributed by atoms with Crippen LogP contribution in [0.25, 0.3) is 0 Å². The molecule has 1 aromatic carbocycles. The highest BCUT2D eigenvalue weighted by Gasteiger charge is 2.15. The van der Waals surface area contributed by atoms with Crippen molar-refractivity contribution in [2.24, 2.45) is 11.7 Å². The van der Waals surface area contributed by atoms with Crippen molar-refractivity contribution < 1.29 is 14.6 Å². The van der Waals surface area contributed by atoms with Crippen molar-refractivity contribution in [1.29, 1.82) is 0 Å². The minimum Gasteiger partial charge on any atom is -0.504 e. The van der Waals surface area contributed by atoms with Crippen LogP contribution < -0.4 is 15.8 Å². The van der Waals surface area contributed by atoms with Crippen LogP contribution in [0.5, 0.6) is 11.5 Å². The summed E-state index contributed by atoms with van der Waals surface area (Å²) in [5.74, 6) is 0.440. The van der Waals surface area contributed by atoms with Gasteiger partial charge in [-0.05, 0) is 24.5 Å². The van der Waals surface area contributed by atoms with E-state index in [2.05, 4.69) is 5.32 Å². The first kappa shape index (κ1) is 14.3. The number of hydrogen-bond acceptors (Lipinski definition) is 4. The van der Waals surface area contributed by atoms with Gasteiger partial charge in [0.15, 0.2) is 11.5 Å². The maximum atomic E-state index is 11.8. The van der Waals surface area contributed by atoms with Crippen LogP contribution >= 0.6 is 0 Å². The molecule has 0 aliphatic carbocycles. The Balaban J connectivity index is 2.67.